The lowest BCUT2D eigenvalue weighted by Gasteiger charge is -2.19. The first kappa shape index (κ1) is 21.2. The number of aryl methyl sites for hydroxylation is 1. The van der Waals surface area contributed by atoms with Crippen LogP contribution in [0.15, 0.2) is 78.9 Å². The van der Waals surface area contributed by atoms with Gasteiger partial charge in [0.2, 0.25) is 11.7 Å². The zero-order valence-electron chi connectivity index (χ0n) is 18.4. The molecule has 1 N–H and O–H groups in total. The van der Waals surface area contributed by atoms with Crippen LogP contribution in [0.1, 0.15) is 21.6 Å². The third kappa shape index (κ3) is 3.71. The van der Waals surface area contributed by atoms with Crippen molar-refractivity contribution in [3.63, 3.8) is 0 Å². The summed E-state index contributed by atoms with van der Waals surface area (Å²) in [7, 11) is 0. The summed E-state index contributed by atoms with van der Waals surface area (Å²) in [6, 6.07) is 25.9. The summed E-state index contributed by atoms with van der Waals surface area (Å²) in [5.41, 5.74) is 4.34. The molecule has 1 aromatic heterocycles. The van der Waals surface area contributed by atoms with Crippen LogP contribution < -0.4 is 10.1 Å². The second-order valence-corrected chi connectivity index (χ2v) is 7.99. The largest absolute Gasteiger partial charge is 0.488 e. The Bertz CT molecular complexity index is 1450. The second-order valence-electron chi connectivity index (χ2n) is 7.99. The zero-order chi connectivity index (χ0) is 23.7. The number of hydrogen-bond donors (Lipinski definition) is 1. The summed E-state index contributed by atoms with van der Waals surface area (Å²) in [5.74, 6) is -2.24. The van der Waals surface area contributed by atoms with Gasteiger partial charge in [-0.25, -0.2) is 4.68 Å². The monoisotopic (exact) mass is 448 g/mol. The highest BCUT2D eigenvalue weighted by molar-refractivity contribution is 6.15. The molecule has 2 heterocycles. The van der Waals surface area contributed by atoms with Gasteiger partial charge in [0, 0.05) is 16.8 Å². The van der Waals surface area contributed by atoms with Gasteiger partial charge in [-0.1, -0.05) is 42.5 Å². The van der Waals surface area contributed by atoms with E-state index in [0.29, 0.717) is 22.7 Å². The van der Waals surface area contributed by atoms with E-state index in [0.717, 1.165) is 16.8 Å². The van der Waals surface area contributed by atoms with Crippen LogP contribution in [0.4, 0.5) is 5.69 Å². The van der Waals surface area contributed by atoms with Gasteiger partial charge < -0.3 is 10.1 Å². The molecule has 1 unspecified atom stereocenters. The fourth-order valence-corrected chi connectivity index (χ4v) is 4.07. The highest BCUT2D eigenvalue weighted by Crippen LogP contribution is 2.40. The van der Waals surface area contributed by atoms with E-state index in [9.17, 15) is 14.9 Å². The smallest absolute Gasteiger partial charge is 0.249 e. The van der Waals surface area contributed by atoms with E-state index in [1.165, 1.54) is 0 Å². The van der Waals surface area contributed by atoms with Gasteiger partial charge >= 0.3 is 0 Å². The fourth-order valence-electron chi connectivity index (χ4n) is 4.07. The Morgan fingerprint density at radius 2 is 1.82 bits per heavy atom. The van der Waals surface area contributed by atoms with Gasteiger partial charge in [-0.3, -0.25) is 9.59 Å². The number of nitrogens with zero attached hydrogens (tertiary/aromatic N) is 3. The minimum Gasteiger partial charge on any atom is -0.488 e. The number of ketones is 1. The summed E-state index contributed by atoms with van der Waals surface area (Å²) in [4.78, 5) is 26.4. The maximum Gasteiger partial charge on any atom is 0.249 e. The van der Waals surface area contributed by atoms with Crippen molar-refractivity contribution >= 4 is 17.4 Å². The first-order valence-electron chi connectivity index (χ1n) is 10.8. The molecule has 166 valence electrons. The van der Waals surface area contributed by atoms with Crippen molar-refractivity contribution in [2.75, 3.05) is 5.32 Å². The molecule has 1 amide bonds. The number of nitrogens with one attached hydrogen (secondary N) is 1. The van der Waals surface area contributed by atoms with E-state index in [1.54, 1.807) is 22.9 Å². The van der Waals surface area contributed by atoms with Crippen LogP contribution in [0.25, 0.3) is 16.9 Å². The molecule has 0 saturated carbocycles. The molecular weight excluding hydrogens is 428 g/mol. The quantitative estimate of drug-likeness (QED) is 0.353. The average Bonchev–Trinajstić information content (AvgIpc) is 3.25. The number of hydrogen-bond acceptors (Lipinski definition) is 5. The predicted molar refractivity (Wildman–Crippen MR) is 127 cm³/mol. The molecule has 34 heavy (non-hydrogen) atoms. The van der Waals surface area contributed by atoms with Crippen LogP contribution >= 0.6 is 0 Å². The van der Waals surface area contributed by atoms with Gasteiger partial charge in [-0.2, -0.15) is 10.4 Å². The molecule has 1 aliphatic heterocycles. The third-order valence-corrected chi connectivity index (χ3v) is 5.67. The molecule has 7 nitrogen and oxygen atoms in total. The topological polar surface area (TPSA) is 97.0 Å². The summed E-state index contributed by atoms with van der Waals surface area (Å²) in [6.07, 6.45) is 0. The number of ether oxygens (including phenoxy) is 1. The number of carbonyl (C=O) groups is 2. The van der Waals surface area contributed by atoms with Crippen molar-refractivity contribution < 1.29 is 14.3 Å². The van der Waals surface area contributed by atoms with Crippen LogP contribution in [-0.4, -0.2) is 21.5 Å². The highest BCUT2D eigenvalue weighted by Gasteiger charge is 2.36. The van der Waals surface area contributed by atoms with Gasteiger partial charge in [-0.15, -0.1) is 0 Å². The summed E-state index contributed by atoms with van der Waals surface area (Å²) in [6.45, 7) is 2.00. The van der Waals surface area contributed by atoms with Crippen molar-refractivity contribution in [2.24, 2.45) is 5.92 Å². The molecule has 0 fully saturated rings. The zero-order valence-corrected chi connectivity index (χ0v) is 18.4. The molecule has 1 aliphatic rings. The summed E-state index contributed by atoms with van der Waals surface area (Å²) in [5, 5.41) is 17.0. The SMILES string of the molecule is Cc1cccc(NC(=O)C(C#N)C(=O)c2nn(-c3ccccc3)c3c2COc2ccccc2-3)c1. The van der Waals surface area contributed by atoms with Crippen LogP contribution in [0.5, 0.6) is 5.75 Å². The van der Waals surface area contributed by atoms with E-state index in [1.807, 2.05) is 73.7 Å². The molecule has 0 aliphatic carbocycles. The van der Waals surface area contributed by atoms with Gasteiger partial charge in [0.15, 0.2) is 5.92 Å². The lowest BCUT2D eigenvalue weighted by Crippen LogP contribution is -2.29. The van der Waals surface area contributed by atoms with Gasteiger partial charge in [0.25, 0.3) is 0 Å². The fraction of sp³-hybridized carbons (Fsp3) is 0.111. The van der Waals surface area contributed by atoms with Gasteiger partial charge in [0.05, 0.1) is 17.5 Å². The number of fused-ring (bicyclic) bond motifs is 3. The van der Waals surface area contributed by atoms with Crippen molar-refractivity contribution in [3.8, 4) is 28.8 Å². The van der Waals surface area contributed by atoms with Gasteiger partial charge in [-0.05, 0) is 48.9 Å². The molecule has 0 saturated heterocycles. The number of benzene rings is 3. The maximum atomic E-state index is 13.5. The lowest BCUT2D eigenvalue weighted by atomic mass is 9.96. The van der Waals surface area contributed by atoms with Crippen LogP contribution in [0.2, 0.25) is 0 Å². The predicted octanol–water partition coefficient (Wildman–Crippen LogP) is 4.70. The molecule has 4 aromatic rings. The normalized spacial score (nSPS) is 12.5. The Hall–Kier alpha value is -4.70. The molecule has 1 atom stereocenters. The van der Waals surface area contributed by atoms with Crippen molar-refractivity contribution in [1.82, 2.24) is 9.78 Å². The first-order valence-corrected chi connectivity index (χ1v) is 10.8. The molecule has 5 rings (SSSR count). The van der Waals surface area contributed by atoms with Crippen LogP contribution in [-0.2, 0) is 11.4 Å². The van der Waals surface area contributed by atoms with Crippen molar-refractivity contribution in [1.29, 1.82) is 5.26 Å². The number of aromatic nitrogens is 2. The molecule has 0 spiro atoms. The van der Waals surface area contributed by atoms with Gasteiger partial charge in [0.1, 0.15) is 18.1 Å². The number of para-hydroxylation sites is 2. The van der Waals surface area contributed by atoms with Crippen LogP contribution in [0.3, 0.4) is 0 Å². The minimum atomic E-state index is -1.55. The molecule has 7 heteroatoms. The highest BCUT2D eigenvalue weighted by atomic mass is 16.5. The van der Waals surface area contributed by atoms with E-state index < -0.39 is 17.6 Å². The molecule has 3 aromatic carbocycles. The summed E-state index contributed by atoms with van der Waals surface area (Å²) >= 11 is 0. The summed E-state index contributed by atoms with van der Waals surface area (Å²) < 4.78 is 7.56. The van der Waals surface area contributed by atoms with E-state index in [-0.39, 0.29) is 12.3 Å². The van der Waals surface area contributed by atoms with E-state index >= 15 is 0 Å². The third-order valence-electron chi connectivity index (χ3n) is 5.67. The second kappa shape index (κ2) is 8.68. The van der Waals surface area contributed by atoms with Crippen molar-refractivity contribution in [3.05, 3.63) is 95.7 Å². The lowest BCUT2D eigenvalue weighted by molar-refractivity contribution is -0.117. The number of amides is 1. The maximum absolute atomic E-state index is 13.5. The molecule has 0 bridgehead atoms. The van der Waals surface area contributed by atoms with E-state index in [2.05, 4.69) is 10.4 Å². The molecule has 0 radical (unpaired) electrons. The molecular formula is C27H20N4O3. The number of carbonyl (C=O) groups excluding carboxylic acids is 2. The number of Topliss-reactive ketones (excluding diaryl/α,β-unsaturated/α-hetero) is 1. The van der Waals surface area contributed by atoms with Crippen molar-refractivity contribution in [2.45, 2.75) is 13.5 Å². The standard InChI is InChI=1S/C27H20N4O3/c1-17-8-7-9-18(14-17)29-27(33)21(15-28)26(32)24-22-16-34-23-13-6-5-12-20(23)25(22)31(30-24)19-10-3-2-4-11-19/h2-14,21H,16H2,1H3,(H,29,33). The minimum absolute atomic E-state index is 0.0549. The Labute approximate surface area is 196 Å². The Morgan fingerprint density at radius 1 is 1.06 bits per heavy atom. The Kier molecular flexibility index (Phi) is 5.40. The first-order chi connectivity index (χ1) is 16.6. The average molecular weight is 448 g/mol. The number of anilines is 1. The Balaban J connectivity index is 1.57. The van der Waals surface area contributed by atoms with Crippen LogP contribution in [0, 0.1) is 24.2 Å². The Morgan fingerprint density at radius 3 is 2.59 bits per heavy atom. The number of nitriles is 1. The van der Waals surface area contributed by atoms with E-state index in [4.69, 9.17) is 4.74 Å². The number of rotatable bonds is 5.